The third kappa shape index (κ3) is 2.96. The lowest BCUT2D eigenvalue weighted by Gasteiger charge is -2.48. The minimum Gasteiger partial charge on any atom is -0.399 e. The molecule has 6 heteroatoms. The Bertz CT molecular complexity index is 979. The summed E-state index contributed by atoms with van der Waals surface area (Å²) in [6.07, 6.45) is 2.01. The summed E-state index contributed by atoms with van der Waals surface area (Å²) in [5, 5.41) is 30.5. The molecule has 1 aliphatic carbocycles. The smallest absolute Gasteiger partial charge is 0.191 e. The summed E-state index contributed by atoms with van der Waals surface area (Å²) in [5.41, 5.74) is 6.49. The molecule has 3 rings (SSSR count). The second-order valence-corrected chi connectivity index (χ2v) is 8.74. The zero-order valence-corrected chi connectivity index (χ0v) is 17.0. The Labute approximate surface area is 170 Å². The lowest BCUT2D eigenvalue weighted by molar-refractivity contribution is 0.110. The van der Waals surface area contributed by atoms with Gasteiger partial charge in [0.05, 0.1) is 23.4 Å². The van der Waals surface area contributed by atoms with Crippen molar-refractivity contribution in [2.45, 2.75) is 32.2 Å². The van der Waals surface area contributed by atoms with Crippen molar-refractivity contribution >= 4 is 11.6 Å². The lowest BCUT2D eigenvalue weighted by Crippen LogP contribution is -2.52. The molecule has 1 aromatic carbocycles. The third-order valence-corrected chi connectivity index (χ3v) is 6.06. The van der Waals surface area contributed by atoms with Crippen molar-refractivity contribution in [2.75, 3.05) is 13.1 Å². The maximum atomic E-state index is 10.1. The van der Waals surface area contributed by atoms with E-state index >= 15 is 0 Å². The van der Waals surface area contributed by atoms with Crippen LogP contribution in [0.3, 0.4) is 0 Å². The van der Waals surface area contributed by atoms with Gasteiger partial charge in [-0.05, 0) is 44.0 Å². The van der Waals surface area contributed by atoms with Gasteiger partial charge in [0.1, 0.15) is 6.07 Å². The summed E-state index contributed by atoms with van der Waals surface area (Å²) in [4.78, 5) is 2.29. The molecule has 0 bridgehead atoms. The maximum absolute atomic E-state index is 10.1. The molecule has 0 amide bonds. The van der Waals surface area contributed by atoms with E-state index in [0.717, 1.165) is 11.1 Å². The minimum absolute atomic E-state index is 0.0386. The van der Waals surface area contributed by atoms with E-state index in [9.17, 15) is 15.8 Å². The van der Waals surface area contributed by atoms with Crippen LogP contribution in [0.15, 0.2) is 47.2 Å². The van der Waals surface area contributed by atoms with Crippen LogP contribution in [0.25, 0.3) is 0 Å². The number of rotatable bonds is 1. The number of nitrogens with zero attached hydrogens (tertiary/aromatic N) is 4. The fourth-order valence-corrected chi connectivity index (χ4v) is 4.50. The molecule has 0 radical (unpaired) electrons. The molecule has 0 aromatic heterocycles. The van der Waals surface area contributed by atoms with Crippen molar-refractivity contribution in [3.63, 3.8) is 0 Å². The van der Waals surface area contributed by atoms with Gasteiger partial charge in [-0.2, -0.15) is 15.8 Å². The molecule has 0 saturated heterocycles. The summed E-state index contributed by atoms with van der Waals surface area (Å²) in [6.45, 7) is 7.68. The molecular weight excluding hydrogens is 370 g/mol. The van der Waals surface area contributed by atoms with Crippen LogP contribution in [-0.4, -0.2) is 23.5 Å². The molecule has 0 fully saturated rings. The van der Waals surface area contributed by atoms with Crippen LogP contribution in [-0.2, 0) is 0 Å². The first-order chi connectivity index (χ1) is 13.2. The van der Waals surface area contributed by atoms with Gasteiger partial charge in [-0.25, -0.2) is 0 Å². The minimum atomic E-state index is -1.63. The second-order valence-electron chi connectivity index (χ2n) is 8.31. The number of hydrogen-bond donors (Lipinski definition) is 1. The van der Waals surface area contributed by atoms with Crippen LogP contribution in [0.1, 0.15) is 32.3 Å². The van der Waals surface area contributed by atoms with Crippen LogP contribution < -0.4 is 5.73 Å². The molecule has 1 aromatic rings. The highest BCUT2D eigenvalue weighted by molar-refractivity contribution is 6.30. The number of fused-ring (bicyclic) bond motifs is 1. The van der Waals surface area contributed by atoms with Gasteiger partial charge in [0.25, 0.3) is 0 Å². The SMILES string of the molecule is CC(C)(C)N1CC=C2C(C#N)=C(N)C(C#N)(C#N)[C@H](c3cccc(Cl)c3)[C@@H]2C1. The molecule has 1 aliphatic heterocycles. The van der Waals surface area contributed by atoms with Gasteiger partial charge in [-0.15, -0.1) is 0 Å². The van der Waals surface area contributed by atoms with E-state index in [2.05, 4.69) is 43.9 Å². The Balaban J connectivity index is 2.31. The highest BCUT2D eigenvalue weighted by atomic mass is 35.5. The topological polar surface area (TPSA) is 101 Å². The molecule has 1 heterocycles. The van der Waals surface area contributed by atoms with Gasteiger partial charge in [0.2, 0.25) is 0 Å². The first kappa shape index (κ1) is 20.0. The predicted molar refractivity (Wildman–Crippen MR) is 108 cm³/mol. The van der Waals surface area contributed by atoms with Gasteiger partial charge >= 0.3 is 0 Å². The van der Waals surface area contributed by atoms with Crippen LogP contribution >= 0.6 is 11.6 Å². The summed E-state index contributed by atoms with van der Waals surface area (Å²) in [6, 6.07) is 13.7. The summed E-state index contributed by atoms with van der Waals surface area (Å²) in [5.74, 6) is -0.734. The van der Waals surface area contributed by atoms with Gasteiger partial charge in [-0.3, -0.25) is 4.90 Å². The fraction of sp³-hybridized carbons (Fsp3) is 0.409. The van der Waals surface area contributed by atoms with Crippen LogP contribution in [0.4, 0.5) is 0 Å². The zero-order valence-electron chi connectivity index (χ0n) is 16.2. The fourth-order valence-electron chi connectivity index (χ4n) is 4.30. The van der Waals surface area contributed by atoms with Gasteiger partial charge in [0.15, 0.2) is 5.41 Å². The van der Waals surface area contributed by atoms with Gasteiger partial charge < -0.3 is 5.73 Å². The Morgan fingerprint density at radius 2 is 1.89 bits per heavy atom. The molecule has 142 valence electrons. The first-order valence-electron chi connectivity index (χ1n) is 9.13. The number of hydrogen-bond acceptors (Lipinski definition) is 5. The van der Waals surface area contributed by atoms with E-state index in [1.807, 2.05) is 18.2 Å². The Morgan fingerprint density at radius 3 is 2.43 bits per heavy atom. The molecule has 28 heavy (non-hydrogen) atoms. The van der Waals surface area contributed by atoms with Crippen LogP contribution in [0.2, 0.25) is 5.02 Å². The van der Waals surface area contributed by atoms with E-state index < -0.39 is 11.3 Å². The number of benzene rings is 1. The third-order valence-electron chi connectivity index (χ3n) is 5.82. The summed E-state index contributed by atoms with van der Waals surface area (Å²) in [7, 11) is 0. The Hall–Kier alpha value is -2.78. The van der Waals surface area contributed by atoms with E-state index in [4.69, 9.17) is 17.3 Å². The van der Waals surface area contributed by atoms with Crippen molar-refractivity contribution in [3.05, 3.63) is 57.8 Å². The maximum Gasteiger partial charge on any atom is 0.191 e. The molecular formula is C22H22ClN5. The monoisotopic (exact) mass is 391 g/mol. The molecule has 0 unspecified atom stereocenters. The van der Waals surface area contributed by atoms with Gasteiger partial charge in [0, 0.05) is 35.5 Å². The van der Waals surface area contributed by atoms with E-state index in [1.165, 1.54) is 0 Å². The Kier molecular flexibility index (Phi) is 4.99. The van der Waals surface area contributed by atoms with E-state index in [1.54, 1.807) is 12.1 Å². The molecule has 5 nitrogen and oxygen atoms in total. The Morgan fingerprint density at radius 1 is 1.21 bits per heavy atom. The lowest BCUT2D eigenvalue weighted by atomic mass is 9.58. The molecule has 0 spiro atoms. The predicted octanol–water partition coefficient (Wildman–Crippen LogP) is 3.86. The highest BCUT2D eigenvalue weighted by Crippen LogP contribution is 2.54. The number of nitrogens with two attached hydrogens (primary N) is 1. The number of nitriles is 3. The highest BCUT2D eigenvalue weighted by Gasteiger charge is 2.54. The van der Waals surface area contributed by atoms with Crippen molar-refractivity contribution in [2.24, 2.45) is 17.1 Å². The van der Waals surface area contributed by atoms with E-state index in [0.29, 0.717) is 18.1 Å². The summed E-state index contributed by atoms with van der Waals surface area (Å²) < 4.78 is 0. The van der Waals surface area contributed by atoms with Crippen molar-refractivity contribution in [1.82, 2.24) is 4.90 Å². The molecule has 2 N–H and O–H groups in total. The van der Waals surface area contributed by atoms with Crippen LogP contribution in [0.5, 0.6) is 0 Å². The number of allylic oxidation sites excluding steroid dienone is 2. The van der Waals surface area contributed by atoms with Crippen LogP contribution in [0, 0.1) is 45.3 Å². The van der Waals surface area contributed by atoms with Crippen molar-refractivity contribution in [1.29, 1.82) is 15.8 Å². The molecule has 2 aliphatic rings. The average Bonchev–Trinajstić information content (AvgIpc) is 2.66. The standard InChI is InChI=1S/C22H22ClN5/c1-21(2,3)28-8-7-16-17(10-24)20(27)22(12-25,13-26)19(18(16)11-28)14-5-4-6-15(23)9-14/h4-7,9,18-19H,8,11,27H2,1-3H3/t18-,19-/m1/s1. The largest absolute Gasteiger partial charge is 0.399 e. The van der Waals surface area contributed by atoms with Crippen molar-refractivity contribution < 1.29 is 0 Å². The zero-order chi connectivity index (χ0) is 20.7. The first-order valence-corrected chi connectivity index (χ1v) is 9.51. The average molecular weight is 392 g/mol. The van der Waals surface area contributed by atoms with E-state index in [-0.39, 0.29) is 22.7 Å². The van der Waals surface area contributed by atoms with Crippen molar-refractivity contribution in [3.8, 4) is 18.2 Å². The molecule has 0 saturated carbocycles. The van der Waals surface area contributed by atoms with Gasteiger partial charge in [-0.1, -0.05) is 29.8 Å². The molecule has 2 atom stereocenters. The normalized spacial score (nSPS) is 24.4. The second kappa shape index (κ2) is 6.99. The summed E-state index contributed by atoms with van der Waals surface area (Å²) >= 11 is 6.23. The quantitative estimate of drug-likeness (QED) is 0.783. The number of halogens is 1.